The number of allylic oxidation sites excluding steroid dienone is 2. The molecule has 10 heteroatoms. The first-order chi connectivity index (χ1) is 21.4. The number of benzene rings is 3. The van der Waals surface area contributed by atoms with E-state index in [-0.39, 0.29) is 48.0 Å². The van der Waals surface area contributed by atoms with Gasteiger partial charge in [-0.3, -0.25) is 9.59 Å². The SMILES string of the molecule is CC(C)CC(NC(=O)C1(C)CC(COc2ccccc2)=CC=C1CCC(=O)NS(=O)(=O)c1ccc(F)cc1)c1ccc(F)cc1. The molecule has 0 aliphatic heterocycles. The van der Waals surface area contributed by atoms with Crippen LogP contribution in [0.4, 0.5) is 8.78 Å². The molecule has 2 N–H and O–H groups in total. The second kappa shape index (κ2) is 14.6. The lowest BCUT2D eigenvalue weighted by Gasteiger charge is -2.36. The molecule has 0 heterocycles. The van der Waals surface area contributed by atoms with E-state index in [4.69, 9.17) is 4.74 Å². The van der Waals surface area contributed by atoms with Gasteiger partial charge in [0, 0.05) is 6.42 Å². The second-order valence-electron chi connectivity index (χ2n) is 11.8. The summed E-state index contributed by atoms with van der Waals surface area (Å²) in [6, 6.07) is 19.1. The van der Waals surface area contributed by atoms with Crippen molar-refractivity contribution < 1.29 is 31.5 Å². The van der Waals surface area contributed by atoms with Gasteiger partial charge in [0.25, 0.3) is 10.0 Å². The Bertz CT molecular complexity index is 1650. The third-order valence-electron chi connectivity index (χ3n) is 7.76. The maximum absolute atomic E-state index is 14.1. The van der Waals surface area contributed by atoms with Crippen molar-refractivity contribution in [2.45, 2.75) is 57.4 Å². The number of sulfonamides is 1. The summed E-state index contributed by atoms with van der Waals surface area (Å²) in [6.45, 7) is 6.13. The van der Waals surface area contributed by atoms with E-state index in [1.54, 1.807) is 25.1 Å². The molecule has 0 aromatic heterocycles. The zero-order chi connectivity index (χ0) is 32.6. The summed E-state index contributed by atoms with van der Waals surface area (Å²) >= 11 is 0. The van der Waals surface area contributed by atoms with Crippen LogP contribution in [0.25, 0.3) is 0 Å². The van der Waals surface area contributed by atoms with Crippen LogP contribution in [0, 0.1) is 23.0 Å². The van der Waals surface area contributed by atoms with Crippen molar-refractivity contribution in [3.8, 4) is 5.75 Å². The largest absolute Gasteiger partial charge is 0.489 e. The quantitative estimate of drug-likeness (QED) is 0.215. The van der Waals surface area contributed by atoms with Crippen LogP contribution >= 0.6 is 0 Å². The number of hydrogen-bond acceptors (Lipinski definition) is 5. The van der Waals surface area contributed by atoms with Crippen LogP contribution in [-0.4, -0.2) is 26.8 Å². The Kier molecular flexibility index (Phi) is 10.9. The lowest BCUT2D eigenvalue weighted by atomic mass is 9.71. The third kappa shape index (κ3) is 9.11. The molecular formula is C35H38F2N2O5S. The third-order valence-corrected chi connectivity index (χ3v) is 9.15. The van der Waals surface area contributed by atoms with Crippen LogP contribution in [-0.2, 0) is 19.6 Å². The summed E-state index contributed by atoms with van der Waals surface area (Å²) in [5.41, 5.74) is 1.21. The molecule has 0 fully saturated rings. The first-order valence-corrected chi connectivity index (χ1v) is 16.3. The molecule has 238 valence electrons. The van der Waals surface area contributed by atoms with Crippen molar-refractivity contribution in [1.82, 2.24) is 10.0 Å². The van der Waals surface area contributed by atoms with Crippen molar-refractivity contribution in [2.75, 3.05) is 6.61 Å². The number of carbonyl (C=O) groups excluding carboxylic acids is 2. The van der Waals surface area contributed by atoms with E-state index in [0.29, 0.717) is 24.2 Å². The van der Waals surface area contributed by atoms with Crippen LogP contribution in [0.1, 0.15) is 58.1 Å². The van der Waals surface area contributed by atoms with Gasteiger partial charge in [-0.05, 0) is 91.8 Å². The molecule has 0 saturated carbocycles. The molecule has 0 saturated heterocycles. The highest BCUT2D eigenvalue weighted by molar-refractivity contribution is 7.90. The number of nitrogens with one attached hydrogen (secondary N) is 2. The monoisotopic (exact) mass is 636 g/mol. The fourth-order valence-corrected chi connectivity index (χ4v) is 6.30. The first-order valence-electron chi connectivity index (χ1n) is 14.8. The standard InChI is InChI=1S/C35H38F2N2O5S/c1-24(2)21-32(26-10-14-28(36)15-11-26)38-34(41)35(3)22-25(23-44-30-7-5-4-6-8-30)9-12-27(35)13-20-33(40)39-45(42,43)31-18-16-29(37)17-19-31/h4-12,14-19,24,32H,13,20-23H2,1-3H3,(H,38,41)(H,39,40). The Balaban J connectivity index is 1.54. The Morgan fingerprint density at radius 1 is 0.911 bits per heavy atom. The molecule has 1 aliphatic rings. The van der Waals surface area contributed by atoms with E-state index < -0.39 is 27.2 Å². The van der Waals surface area contributed by atoms with Gasteiger partial charge in [-0.25, -0.2) is 21.9 Å². The second-order valence-corrected chi connectivity index (χ2v) is 13.5. The molecule has 0 bridgehead atoms. The summed E-state index contributed by atoms with van der Waals surface area (Å²) in [5, 5.41) is 3.17. The number of carbonyl (C=O) groups is 2. The Hall–Kier alpha value is -4.31. The molecule has 2 atom stereocenters. The van der Waals surface area contributed by atoms with Crippen LogP contribution in [0.5, 0.6) is 5.75 Å². The van der Waals surface area contributed by atoms with Gasteiger partial charge in [-0.1, -0.05) is 61.9 Å². The van der Waals surface area contributed by atoms with Gasteiger partial charge in [0.05, 0.1) is 16.4 Å². The molecule has 0 spiro atoms. The van der Waals surface area contributed by atoms with E-state index in [2.05, 4.69) is 5.32 Å². The van der Waals surface area contributed by atoms with Crippen molar-refractivity contribution in [3.63, 3.8) is 0 Å². The van der Waals surface area contributed by atoms with Crippen molar-refractivity contribution in [2.24, 2.45) is 11.3 Å². The van der Waals surface area contributed by atoms with E-state index in [1.807, 2.05) is 55.0 Å². The number of para-hydroxylation sites is 1. The normalized spacial score (nSPS) is 17.2. The number of rotatable bonds is 13. The van der Waals surface area contributed by atoms with Crippen LogP contribution < -0.4 is 14.8 Å². The van der Waals surface area contributed by atoms with Gasteiger partial charge in [-0.15, -0.1) is 0 Å². The van der Waals surface area contributed by atoms with E-state index >= 15 is 0 Å². The van der Waals surface area contributed by atoms with Gasteiger partial charge in [0.1, 0.15) is 24.0 Å². The minimum Gasteiger partial charge on any atom is -0.489 e. The zero-order valence-electron chi connectivity index (χ0n) is 25.6. The van der Waals surface area contributed by atoms with Gasteiger partial charge in [0.15, 0.2) is 0 Å². The predicted molar refractivity (Wildman–Crippen MR) is 169 cm³/mol. The lowest BCUT2D eigenvalue weighted by Crippen LogP contribution is -2.44. The first kappa shape index (κ1) is 33.6. The minimum absolute atomic E-state index is 0.114. The number of halogens is 2. The molecule has 4 rings (SSSR count). The number of ether oxygens (including phenoxy) is 1. The van der Waals surface area contributed by atoms with Crippen molar-refractivity contribution >= 4 is 21.8 Å². The summed E-state index contributed by atoms with van der Waals surface area (Å²) in [5.74, 6) is -1.07. The average Bonchev–Trinajstić information content (AvgIpc) is 3.00. The van der Waals surface area contributed by atoms with E-state index in [9.17, 15) is 26.8 Å². The summed E-state index contributed by atoms with van der Waals surface area (Å²) in [6.07, 6.45) is 4.51. The average molecular weight is 637 g/mol. The van der Waals surface area contributed by atoms with E-state index in [1.165, 1.54) is 12.1 Å². The Labute approximate surface area is 263 Å². The molecular weight excluding hydrogens is 598 g/mol. The van der Waals surface area contributed by atoms with Crippen LogP contribution in [0.15, 0.2) is 107 Å². The summed E-state index contributed by atoms with van der Waals surface area (Å²) in [4.78, 5) is 26.7. The van der Waals surface area contributed by atoms with Gasteiger partial charge >= 0.3 is 0 Å². The molecule has 0 radical (unpaired) electrons. The van der Waals surface area contributed by atoms with Gasteiger partial charge in [-0.2, -0.15) is 0 Å². The smallest absolute Gasteiger partial charge is 0.264 e. The summed E-state index contributed by atoms with van der Waals surface area (Å²) < 4.78 is 60.3. The Morgan fingerprint density at radius 2 is 1.53 bits per heavy atom. The predicted octanol–water partition coefficient (Wildman–Crippen LogP) is 6.80. The summed E-state index contributed by atoms with van der Waals surface area (Å²) in [7, 11) is -4.20. The maximum atomic E-state index is 14.1. The molecule has 2 unspecified atom stereocenters. The van der Waals surface area contributed by atoms with Gasteiger partial charge < -0.3 is 10.1 Å². The maximum Gasteiger partial charge on any atom is 0.264 e. The van der Waals surface area contributed by atoms with Crippen LogP contribution in [0.3, 0.4) is 0 Å². The van der Waals surface area contributed by atoms with Crippen molar-refractivity contribution in [3.05, 3.63) is 119 Å². The fourth-order valence-electron chi connectivity index (χ4n) is 5.29. The number of amides is 2. The fraction of sp³-hybridized carbons (Fsp3) is 0.314. The molecule has 3 aromatic carbocycles. The van der Waals surface area contributed by atoms with Crippen molar-refractivity contribution in [1.29, 1.82) is 0 Å². The van der Waals surface area contributed by atoms with Gasteiger partial charge in [0.2, 0.25) is 11.8 Å². The highest BCUT2D eigenvalue weighted by atomic mass is 32.2. The van der Waals surface area contributed by atoms with Crippen LogP contribution in [0.2, 0.25) is 0 Å². The molecule has 2 amide bonds. The minimum atomic E-state index is -4.20. The molecule has 7 nitrogen and oxygen atoms in total. The Morgan fingerprint density at radius 3 is 2.16 bits per heavy atom. The molecule has 3 aromatic rings. The highest BCUT2D eigenvalue weighted by Crippen LogP contribution is 2.41. The number of hydrogen-bond donors (Lipinski definition) is 2. The van der Waals surface area contributed by atoms with E-state index in [0.717, 1.165) is 35.4 Å². The lowest BCUT2D eigenvalue weighted by molar-refractivity contribution is -0.129. The zero-order valence-corrected chi connectivity index (χ0v) is 26.4. The topological polar surface area (TPSA) is 102 Å². The molecule has 45 heavy (non-hydrogen) atoms. The molecule has 1 aliphatic carbocycles. The highest BCUT2D eigenvalue weighted by Gasteiger charge is 2.40.